The van der Waals surface area contributed by atoms with Gasteiger partial charge >= 0.3 is 0 Å². The van der Waals surface area contributed by atoms with Gasteiger partial charge in [0.25, 0.3) is 0 Å². The number of hydrogen-bond donors (Lipinski definition) is 0. The molecule has 0 aromatic heterocycles. The van der Waals surface area contributed by atoms with Crippen molar-refractivity contribution >= 4 is 23.3 Å². The van der Waals surface area contributed by atoms with Crippen molar-refractivity contribution in [3.8, 4) is 0 Å². The molecule has 0 bridgehead atoms. The van der Waals surface area contributed by atoms with E-state index >= 15 is 0 Å². The molecule has 3 aromatic rings. The minimum absolute atomic E-state index is 0.686. The maximum atomic E-state index is 10.9. The second-order valence-electron chi connectivity index (χ2n) is 5.36. The highest BCUT2D eigenvalue weighted by Crippen LogP contribution is 2.36. The van der Waals surface area contributed by atoms with Crippen molar-refractivity contribution in [1.82, 2.24) is 0 Å². The summed E-state index contributed by atoms with van der Waals surface area (Å²) in [5, 5.41) is 0. The fourth-order valence-corrected chi connectivity index (χ4v) is 2.73. The fourth-order valence-electron chi connectivity index (χ4n) is 2.73. The zero-order chi connectivity index (χ0) is 16.1. The molecule has 0 amide bonds. The Hall–Kier alpha value is -2.87. The molecule has 2 heteroatoms. The number of benzene rings is 3. The molecule has 0 fully saturated rings. The van der Waals surface area contributed by atoms with Gasteiger partial charge in [-0.05, 0) is 54.4 Å². The Morgan fingerprint density at radius 2 is 1.39 bits per heavy atom. The molecule has 0 N–H and O–H groups in total. The zero-order valence-corrected chi connectivity index (χ0v) is 13.1. The lowest BCUT2D eigenvalue weighted by Gasteiger charge is -2.27. The monoisotopic (exact) mass is 301 g/mol. The molecule has 0 aliphatic rings. The van der Waals surface area contributed by atoms with Crippen LogP contribution in [0.15, 0.2) is 78.9 Å². The Kier molecular flexibility index (Phi) is 4.53. The maximum Gasteiger partial charge on any atom is 0.150 e. The number of carbonyl (C=O) groups is 1. The van der Waals surface area contributed by atoms with Crippen molar-refractivity contribution in [3.63, 3.8) is 0 Å². The van der Waals surface area contributed by atoms with E-state index in [1.54, 1.807) is 0 Å². The smallest absolute Gasteiger partial charge is 0.150 e. The first-order valence-corrected chi connectivity index (χ1v) is 7.82. The van der Waals surface area contributed by atoms with Gasteiger partial charge in [-0.1, -0.05) is 43.3 Å². The fraction of sp³-hybridized carbons (Fsp3) is 0.0952. The molecule has 23 heavy (non-hydrogen) atoms. The van der Waals surface area contributed by atoms with Crippen molar-refractivity contribution in [3.05, 3.63) is 90.0 Å². The summed E-state index contributed by atoms with van der Waals surface area (Å²) >= 11 is 0. The summed E-state index contributed by atoms with van der Waals surface area (Å²) in [6, 6.07) is 26.4. The van der Waals surface area contributed by atoms with Crippen LogP contribution in [-0.2, 0) is 6.42 Å². The van der Waals surface area contributed by atoms with Crippen LogP contribution in [0.2, 0.25) is 0 Å². The standard InChI is InChI=1S/C21H19NO/c1-2-18-8-6-7-11-21(18)22(19-9-4-3-5-10-19)20-14-12-17(16-23)13-15-20/h3-16H,2H2,1H3. The van der Waals surface area contributed by atoms with E-state index in [0.29, 0.717) is 5.56 Å². The summed E-state index contributed by atoms with van der Waals surface area (Å²) in [6.45, 7) is 2.16. The third kappa shape index (κ3) is 3.16. The van der Waals surface area contributed by atoms with Gasteiger partial charge < -0.3 is 4.90 Å². The predicted octanol–water partition coefficient (Wildman–Crippen LogP) is 5.53. The van der Waals surface area contributed by atoms with Crippen LogP contribution in [0.1, 0.15) is 22.8 Å². The number of carbonyl (C=O) groups excluding carboxylic acids is 1. The summed E-state index contributed by atoms with van der Waals surface area (Å²) in [5.41, 5.74) is 5.29. The average Bonchev–Trinajstić information content (AvgIpc) is 2.64. The molecule has 0 unspecified atom stereocenters. The zero-order valence-electron chi connectivity index (χ0n) is 13.1. The number of aryl methyl sites for hydroxylation is 1. The van der Waals surface area contributed by atoms with Crippen LogP contribution in [-0.4, -0.2) is 6.29 Å². The molecule has 0 saturated carbocycles. The molecule has 114 valence electrons. The van der Waals surface area contributed by atoms with Gasteiger partial charge in [-0.3, -0.25) is 4.79 Å². The number of anilines is 3. The van der Waals surface area contributed by atoms with Crippen LogP contribution < -0.4 is 4.90 Å². The van der Waals surface area contributed by atoms with Gasteiger partial charge in [0.05, 0.1) is 0 Å². The molecule has 0 spiro atoms. The Morgan fingerprint density at radius 3 is 2.04 bits per heavy atom. The van der Waals surface area contributed by atoms with E-state index in [1.165, 1.54) is 11.3 Å². The normalized spacial score (nSPS) is 10.3. The molecule has 3 aromatic carbocycles. The molecule has 3 rings (SSSR count). The van der Waals surface area contributed by atoms with Gasteiger partial charge in [-0.25, -0.2) is 0 Å². The molecule has 0 aliphatic carbocycles. The predicted molar refractivity (Wildman–Crippen MR) is 95.9 cm³/mol. The topological polar surface area (TPSA) is 20.3 Å². The highest BCUT2D eigenvalue weighted by atomic mass is 16.1. The minimum Gasteiger partial charge on any atom is -0.310 e. The first kappa shape index (κ1) is 15.0. The summed E-state index contributed by atoms with van der Waals surface area (Å²) in [6.07, 6.45) is 1.84. The lowest BCUT2D eigenvalue weighted by molar-refractivity contribution is 0.112. The summed E-state index contributed by atoms with van der Waals surface area (Å²) in [7, 11) is 0. The highest BCUT2D eigenvalue weighted by Gasteiger charge is 2.14. The Labute approximate surface area is 137 Å². The van der Waals surface area contributed by atoms with Gasteiger partial charge in [0.1, 0.15) is 6.29 Å². The van der Waals surface area contributed by atoms with Crippen LogP contribution >= 0.6 is 0 Å². The average molecular weight is 301 g/mol. The van der Waals surface area contributed by atoms with Crippen molar-refractivity contribution in [2.24, 2.45) is 0 Å². The largest absolute Gasteiger partial charge is 0.310 e. The second-order valence-corrected chi connectivity index (χ2v) is 5.36. The van der Waals surface area contributed by atoms with E-state index < -0.39 is 0 Å². The molecule has 0 atom stereocenters. The van der Waals surface area contributed by atoms with Crippen molar-refractivity contribution in [2.45, 2.75) is 13.3 Å². The third-order valence-electron chi connectivity index (χ3n) is 3.92. The van der Waals surface area contributed by atoms with Gasteiger partial charge in [-0.2, -0.15) is 0 Å². The molecular formula is C21H19NO. The maximum absolute atomic E-state index is 10.9. The van der Waals surface area contributed by atoms with Crippen LogP contribution in [0.4, 0.5) is 17.1 Å². The van der Waals surface area contributed by atoms with Crippen molar-refractivity contribution in [2.75, 3.05) is 4.90 Å². The van der Waals surface area contributed by atoms with Gasteiger partial charge in [0.2, 0.25) is 0 Å². The molecule has 2 nitrogen and oxygen atoms in total. The van der Waals surface area contributed by atoms with E-state index in [2.05, 4.69) is 48.2 Å². The number of aldehydes is 1. The van der Waals surface area contributed by atoms with E-state index in [1.807, 2.05) is 42.5 Å². The molecule has 0 saturated heterocycles. The Morgan fingerprint density at radius 1 is 0.783 bits per heavy atom. The summed E-state index contributed by atoms with van der Waals surface area (Å²) in [4.78, 5) is 13.1. The van der Waals surface area contributed by atoms with E-state index in [9.17, 15) is 4.79 Å². The van der Waals surface area contributed by atoms with Crippen LogP contribution in [0.25, 0.3) is 0 Å². The van der Waals surface area contributed by atoms with E-state index in [0.717, 1.165) is 24.1 Å². The molecular weight excluding hydrogens is 282 g/mol. The lowest BCUT2D eigenvalue weighted by atomic mass is 10.1. The Balaban J connectivity index is 2.15. The quantitative estimate of drug-likeness (QED) is 0.577. The third-order valence-corrected chi connectivity index (χ3v) is 3.92. The first-order chi connectivity index (χ1) is 11.3. The van der Waals surface area contributed by atoms with Crippen LogP contribution in [0.3, 0.4) is 0 Å². The number of rotatable bonds is 5. The lowest BCUT2D eigenvalue weighted by Crippen LogP contribution is -2.11. The van der Waals surface area contributed by atoms with Crippen LogP contribution in [0.5, 0.6) is 0 Å². The Bertz CT molecular complexity index is 778. The number of nitrogens with zero attached hydrogens (tertiary/aromatic N) is 1. The van der Waals surface area contributed by atoms with E-state index in [4.69, 9.17) is 0 Å². The van der Waals surface area contributed by atoms with Gasteiger partial charge in [0.15, 0.2) is 0 Å². The van der Waals surface area contributed by atoms with Crippen molar-refractivity contribution < 1.29 is 4.79 Å². The number of hydrogen-bond acceptors (Lipinski definition) is 2. The highest BCUT2D eigenvalue weighted by molar-refractivity contribution is 5.81. The summed E-state index contributed by atoms with van der Waals surface area (Å²) < 4.78 is 0. The van der Waals surface area contributed by atoms with E-state index in [-0.39, 0.29) is 0 Å². The molecule has 0 heterocycles. The molecule has 0 aliphatic heterocycles. The van der Waals surface area contributed by atoms with Gasteiger partial charge in [-0.15, -0.1) is 0 Å². The SMILES string of the molecule is CCc1ccccc1N(c1ccccc1)c1ccc(C=O)cc1. The first-order valence-electron chi connectivity index (χ1n) is 7.82. The molecule has 0 radical (unpaired) electrons. The summed E-state index contributed by atoms with van der Waals surface area (Å²) in [5.74, 6) is 0. The van der Waals surface area contributed by atoms with Gasteiger partial charge in [0, 0.05) is 22.6 Å². The minimum atomic E-state index is 0.686. The number of para-hydroxylation sites is 2. The van der Waals surface area contributed by atoms with Crippen LogP contribution in [0, 0.1) is 0 Å². The second kappa shape index (κ2) is 6.93. The van der Waals surface area contributed by atoms with Crippen molar-refractivity contribution in [1.29, 1.82) is 0 Å².